The van der Waals surface area contributed by atoms with Gasteiger partial charge in [0.25, 0.3) is 0 Å². The van der Waals surface area contributed by atoms with Crippen LogP contribution in [0.3, 0.4) is 0 Å². The maximum Gasteiger partial charge on any atom is 0.435 e. The van der Waals surface area contributed by atoms with Crippen molar-refractivity contribution in [2.45, 2.75) is 18.6 Å². The quantitative estimate of drug-likeness (QED) is 0.397. The first kappa shape index (κ1) is 19.2. The van der Waals surface area contributed by atoms with E-state index in [1.807, 2.05) is 12.1 Å². The molecule has 0 N–H and O–H groups in total. The van der Waals surface area contributed by atoms with E-state index in [0.29, 0.717) is 5.69 Å². The van der Waals surface area contributed by atoms with Crippen molar-refractivity contribution in [2.24, 2.45) is 0 Å². The third kappa shape index (κ3) is 3.48. The van der Waals surface area contributed by atoms with Gasteiger partial charge in [-0.05, 0) is 70.9 Å². The lowest BCUT2D eigenvalue weighted by molar-refractivity contribution is -0.141. The molecule has 0 saturated carbocycles. The zero-order valence-electron chi connectivity index (χ0n) is 16.1. The van der Waals surface area contributed by atoms with Gasteiger partial charge in [0.1, 0.15) is 0 Å². The fourth-order valence-electron chi connectivity index (χ4n) is 4.13. The first-order chi connectivity index (χ1) is 14.4. The van der Waals surface area contributed by atoms with E-state index in [1.165, 1.54) is 32.8 Å². The Kier molecular flexibility index (Phi) is 4.60. The molecule has 0 aliphatic carbocycles. The molecule has 0 radical (unpaired) electrons. The third-order valence-corrected chi connectivity index (χ3v) is 6.48. The molecule has 0 saturated heterocycles. The summed E-state index contributed by atoms with van der Waals surface area (Å²) >= 11 is 1.74. The predicted molar refractivity (Wildman–Crippen MR) is 112 cm³/mol. The van der Waals surface area contributed by atoms with Crippen LogP contribution in [0, 0.1) is 0 Å². The number of hydrogen-bond donors (Lipinski definition) is 0. The van der Waals surface area contributed by atoms with Gasteiger partial charge < -0.3 is 4.90 Å². The standard InChI is InChI=1S/C23H18F3N3S/c1-29-12-17-11-15(20-5-7-22(28-27-20)23(24,25)26)2-4-18(17)19(13-29)14-3-6-21-16(10-14)8-9-30-21/h2-11,19H,12-13H2,1H3. The molecule has 1 unspecified atom stereocenters. The van der Waals surface area contributed by atoms with Crippen molar-refractivity contribution >= 4 is 21.4 Å². The lowest BCUT2D eigenvalue weighted by Crippen LogP contribution is -2.31. The molecule has 5 rings (SSSR count). The van der Waals surface area contributed by atoms with Crippen LogP contribution in [0.15, 0.2) is 60.0 Å². The Morgan fingerprint density at radius 3 is 2.63 bits per heavy atom. The Hall–Kier alpha value is -2.77. The fourth-order valence-corrected chi connectivity index (χ4v) is 4.90. The van der Waals surface area contributed by atoms with E-state index in [9.17, 15) is 13.2 Å². The van der Waals surface area contributed by atoms with Crippen LogP contribution in [-0.4, -0.2) is 28.7 Å². The molecular formula is C23H18F3N3S. The normalized spacial score (nSPS) is 17.3. The van der Waals surface area contributed by atoms with E-state index < -0.39 is 11.9 Å². The van der Waals surface area contributed by atoms with Crippen molar-refractivity contribution in [1.29, 1.82) is 0 Å². The van der Waals surface area contributed by atoms with Crippen molar-refractivity contribution in [3.05, 3.63) is 82.4 Å². The van der Waals surface area contributed by atoms with Gasteiger partial charge in [-0.1, -0.05) is 18.2 Å². The highest BCUT2D eigenvalue weighted by atomic mass is 32.1. The molecular weight excluding hydrogens is 407 g/mol. The number of thiophene rings is 1. The third-order valence-electron chi connectivity index (χ3n) is 5.58. The van der Waals surface area contributed by atoms with E-state index in [2.05, 4.69) is 57.9 Å². The summed E-state index contributed by atoms with van der Waals surface area (Å²) < 4.78 is 39.6. The van der Waals surface area contributed by atoms with E-state index in [4.69, 9.17) is 0 Å². The molecule has 2 aromatic heterocycles. The molecule has 0 amide bonds. The fraction of sp³-hybridized carbons (Fsp3) is 0.217. The first-order valence-corrected chi connectivity index (χ1v) is 10.5. The average Bonchev–Trinajstić information content (AvgIpc) is 3.20. The molecule has 1 aliphatic heterocycles. The average molecular weight is 425 g/mol. The maximum absolute atomic E-state index is 12.8. The number of aromatic nitrogens is 2. The Balaban J connectivity index is 1.52. The van der Waals surface area contributed by atoms with Crippen LogP contribution in [0.25, 0.3) is 21.3 Å². The molecule has 0 spiro atoms. The minimum absolute atomic E-state index is 0.246. The smallest absolute Gasteiger partial charge is 0.301 e. The van der Waals surface area contributed by atoms with Gasteiger partial charge >= 0.3 is 6.18 Å². The molecule has 4 aromatic rings. The molecule has 1 atom stereocenters. The number of likely N-dealkylation sites (N-methyl/N-ethyl adjacent to an activating group) is 1. The van der Waals surface area contributed by atoms with Crippen molar-refractivity contribution < 1.29 is 13.2 Å². The van der Waals surface area contributed by atoms with E-state index in [1.54, 1.807) is 11.3 Å². The Morgan fingerprint density at radius 1 is 1.00 bits per heavy atom. The van der Waals surface area contributed by atoms with Gasteiger partial charge in [-0.25, -0.2) is 0 Å². The Morgan fingerprint density at radius 2 is 1.87 bits per heavy atom. The minimum atomic E-state index is -4.49. The lowest BCUT2D eigenvalue weighted by Gasteiger charge is -2.33. The lowest BCUT2D eigenvalue weighted by atomic mass is 9.83. The molecule has 2 aromatic carbocycles. The van der Waals surface area contributed by atoms with E-state index >= 15 is 0 Å². The van der Waals surface area contributed by atoms with E-state index in [-0.39, 0.29) is 5.92 Å². The summed E-state index contributed by atoms with van der Waals surface area (Å²) in [5, 5.41) is 10.5. The number of fused-ring (bicyclic) bond motifs is 2. The van der Waals surface area contributed by atoms with Gasteiger partial charge in [0.2, 0.25) is 0 Å². The van der Waals surface area contributed by atoms with Crippen LogP contribution in [0.4, 0.5) is 13.2 Å². The summed E-state index contributed by atoms with van der Waals surface area (Å²) in [5.74, 6) is 0.246. The second-order valence-electron chi connectivity index (χ2n) is 7.68. The zero-order chi connectivity index (χ0) is 20.9. The van der Waals surface area contributed by atoms with Gasteiger partial charge in [-0.15, -0.1) is 21.5 Å². The summed E-state index contributed by atoms with van der Waals surface area (Å²) in [5.41, 5.74) is 3.93. The predicted octanol–water partition coefficient (Wildman–Crippen LogP) is 5.95. The molecule has 0 fully saturated rings. The van der Waals surface area contributed by atoms with Crippen LogP contribution in [0.1, 0.15) is 28.3 Å². The van der Waals surface area contributed by atoms with Crippen LogP contribution >= 0.6 is 11.3 Å². The summed E-state index contributed by atoms with van der Waals surface area (Å²) in [6, 6.07) is 17.2. The van der Waals surface area contributed by atoms with Crippen molar-refractivity contribution in [2.75, 3.05) is 13.6 Å². The van der Waals surface area contributed by atoms with Gasteiger partial charge in [0.05, 0.1) is 5.69 Å². The minimum Gasteiger partial charge on any atom is -0.301 e. The van der Waals surface area contributed by atoms with Crippen molar-refractivity contribution in [3.8, 4) is 11.3 Å². The van der Waals surface area contributed by atoms with Crippen LogP contribution in [0.2, 0.25) is 0 Å². The number of halogens is 3. The van der Waals surface area contributed by atoms with Crippen molar-refractivity contribution in [1.82, 2.24) is 15.1 Å². The summed E-state index contributed by atoms with van der Waals surface area (Å²) in [7, 11) is 2.09. The molecule has 152 valence electrons. The van der Waals surface area contributed by atoms with Gasteiger partial charge in [0.15, 0.2) is 5.69 Å². The van der Waals surface area contributed by atoms with Gasteiger partial charge in [-0.2, -0.15) is 13.2 Å². The number of rotatable bonds is 2. The molecule has 3 nitrogen and oxygen atoms in total. The van der Waals surface area contributed by atoms with Crippen molar-refractivity contribution in [3.63, 3.8) is 0 Å². The van der Waals surface area contributed by atoms with Gasteiger partial charge in [0, 0.05) is 29.3 Å². The zero-order valence-corrected chi connectivity index (χ0v) is 17.0. The highest BCUT2D eigenvalue weighted by Crippen LogP contribution is 2.37. The second-order valence-corrected chi connectivity index (χ2v) is 8.63. The SMILES string of the molecule is CN1Cc2cc(-c3ccc(C(F)(F)F)nn3)ccc2C(c2ccc3sccc3c2)C1. The van der Waals surface area contributed by atoms with Gasteiger partial charge in [-0.3, -0.25) is 0 Å². The molecule has 30 heavy (non-hydrogen) atoms. The molecule has 3 heterocycles. The molecule has 7 heteroatoms. The number of hydrogen-bond acceptors (Lipinski definition) is 4. The number of alkyl halides is 3. The first-order valence-electron chi connectivity index (χ1n) is 9.58. The van der Waals surface area contributed by atoms with Crippen LogP contribution in [-0.2, 0) is 12.7 Å². The number of benzene rings is 2. The summed E-state index contributed by atoms with van der Waals surface area (Å²) in [4.78, 5) is 2.27. The second kappa shape index (κ2) is 7.18. The van der Waals surface area contributed by atoms with Crippen LogP contribution < -0.4 is 0 Å². The monoisotopic (exact) mass is 425 g/mol. The molecule has 1 aliphatic rings. The highest BCUT2D eigenvalue weighted by Gasteiger charge is 2.33. The largest absolute Gasteiger partial charge is 0.435 e. The number of nitrogens with zero attached hydrogens (tertiary/aromatic N) is 3. The van der Waals surface area contributed by atoms with Crippen LogP contribution in [0.5, 0.6) is 0 Å². The Bertz CT molecular complexity index is 1210. The Labute approximate surface area is 175 Å². The highest BCUT2D eigenvalue weighted by molar-refractivity contribution is 7.17. The topological polar surface area (TPSA) is 29.0 Å². The summed E-state index contributed by atoms with van der Waals surface area (Å²) in [6.45, 7) is 1.70. The summed E-state index contributed by atoms with van der Waals surface area (Å²) in [6.07, 6.45) is -4.49. The van der Waals surface area contributed by atoms with E-state index in [0.717, 1.165) is 24.7 Å². The molecule has 0 bridgehead atoms. The maximum atomic E-state index is 12.8.